The molecule has 14 heavy (non-hydrogen) atoms. The van der Waals surface area contributed by atoms with Crippen LogP contribution in [0, 0.1) is 0 Å². The van der Waals surface area contributed by atoms with Crippen molar-refractivity contribution in [1.82, 2.24) is 0 Å². The maximum absolute atomic E-state index is 9.50. The fraction of sp³-hybridized carbons (Fsp3) is 0.455. The Hall–Kier alpha value is -1.38. The predicted octanol–water partition coefficient (Wildman–Crippen LogP) is 2.70. The zero-order valence-electron chi connectivity index (χ0n) is 8.62. The molecule has 0 fully saturated rings. The third kappa shape index (κ3) is 2.55. The Kier molecular flexibility index (Phi) is 3.63. The second-order valence-corrected chi connectivity index (χ2v) is 3.51. The number of para-hydroxylation sites is 1. The monoisotopic (exact) mass is 195 g/mol. The van der Waals surface area contributed by atoms with Gasteiger partial charge in [-0.2, -0.15) is 0 Å². The lowest BCUT2D eigenvalue weighted by molar-refractivity contribution is 0.405. The van der Waals surface area contributed by atoms with Crippen molar-refractivity contribution in [3.8, 4) is 11.5 Å². The van der Waals surface area contributed by atoms with Gasteiger partial charge < -0.3 is 15.5 Å². The van der Waals surface area contributed by atoms with Crippen LogP contribution in [0.15, 0.2) is 18.2 Å². The second kappa shape index (κ2) is 4.74. The third-order valence-corrected chi connectivity index (χ3v) is 2.14. The number of rotatable bonds is 4. The molecule has 0 radical (unpaired) electrons. The van der Waals surface area contributed by atoms with Gasteiger partial charge in [0.05, 0.1) is 5.69 Å². The van der Waals surface area contributed by atoms with E-state index in [9.17, 15) is 10.2 Å². The number of hydrogen-bond acceptors (Lipinski definition) is 3. The first kappa shape index (κ1) is 10.7. The van der Waals surface area contributed by atoms with Crippen LogP contribution in [0.5, 0.6) is 11.5 Å². The molecule has 3 heteroatoms. The van der Waals surface area contributed by atoms with E-state index in [1.807, 2.05) is 6.92 Å². The maximum atomic E-state index is 9.50. The molecule has 0 saturated carbocycles. The Morgan fingerprint density at radius 2 is 2.07 bits per heavy atom. The Balaban J connectivity index is 2.71. The molecule has 0 spiro atoms. The third-order valence-electron chi connectivity index (χ3n) is 2.14. The first-order valence-corrected chi connectivity index (χ1v) is 4.92. The lowest BCUT2D eigenvalue weighted by Crippen LogP contribution is -2.14. The number of phenols is 2. The highest BCUT2D eigenvalue weighted by atomic mass is 16.3. The van der Waals surface area contributed by atoms with Crippen molar-refractivity contribution in [2.75, 3.05) is 5.32 Å². The predicted molar refractivity (Wildman–Crippen MR) is 57.8 cm³/mol. The van der Waals surface area contributed by atoms with Gasteiger partial charge in [0, 0.05) is 6.04 Å². The second-order valence-electron chi connectivity index (χ2n) is 3.51. The molecule has 0 aromatic heterocycles. The Morgan fingerprint density at radius 3 is 2.71 bits per heavy atom. The summed E-state index contributed by atoms with van der Waals surface area (Å²) in [4.78, 5) is 0. The summed E-state index contributed by atoms with van der Waals surface area (Å²) < 4.78 is 0. The van der Waals surface area contributed by atoms with Crippen LogP contribution in [-0.2, 0) is 0 Å². The summed E-state index contributed by atoms with van der Waals surface area (Å²) in [5.74, 6) is -0.158. The van der Waals surface area contributed by atoms with E-state index in [-0.39, 0.29) is 11.5 Å². The number of anilines is 1. The highest BCUT2D eigenvalue weighted by Gasteiger charge is 2.07. The lowest BCUT2D eigenvalue weighted by atomic mass is 10.2. The zero-order chi connectivity index (χ0) is 10.6. The first-order chi connectivity index (χ1) is 6.65. The molecule has 0 bridgehead atoms. The van der Waals surface area contributed by atoms with Crippen molar-refractivity contribution in [3.05, 3.63) is 18.2 Å². The van der Waals surface area contributed by atoms with Crippen molar-refractivity contribution in [2.45, 2.75) is 32.7 Å². The minimum atomic E-state index is -0.0845. The van der Waals surface area contributed by atoms with Crippen LogP contribution in [-0.4, -0.2) is 16.3 Å². The molecular formula is C11H17NO2. The zero-order valence-corrected chi connectivity index (χ0v) is 8.62. The van der Waals surface area contributed by atoms with Crippen LogP contribution < -0.4 is 5.32 Å². The van der Waals surface area contributed by atoms with Crippen LogP contribution in [0.2, 0.25) is 0 Å². The number of aromatic hydroxyl groups is 2. The minimum Gasteiger partial charge on any atom is -0.504 e. The average molecular weight is 195 g/mol. The number of nitrogens with one attached hydrogen (secondary N) is 1. The number of benzene rings is 1. The fourth-order valence-corrected chi connectivity index (χ4v) is 1.42. The summed E-state index contributed by atoms with van der Waals surface area (Å²) in [5.41, 5.74) is 0.589. The summed E-state index contributed by atoms with van der Waals surface area (Å²) in [6, 6.07) is 5.22. The van der Waals surface area contributed by atoms with Crippen LogP contribution in [0.25, 0.3) is 0 Å². The van der Waals surface area contributed by atoms with Gasteiger partial charge in [-0.25, -0.2) is 0 Å². The Morgan fingerprint density at radius 1 is 1.36 bits per heavy atom. The lowest BCUT2D eigenvalue weighted by Gasteiger charge is -2.15. The summed E-state index contributed by atoms with van der Waals surface area (Å²) in [5, 5.41) is 21.9. The van der Waals surface area contributed by atoms with Gasteiger partial charge in [0.2, 0.25) is 0 Å². The largest absolute Gasteiger partial charge is 0.504 e. The molecule has 3 nitrogen and oxygen atoms in total. The molecule has 0 saturated heterocycles. The molecule has 1 aromatic carbocycles. The quantitative estimate of drug-likeness (QED) is 0.647. The molecule has 78 valence electrons. The molecule has 3 N–H and O–H groups in total. The van der Waals surface area contributed by atoms with E-state index in [1.165, 1.54) is 6.07 Å². The summed E-state index contributed by atoms with van der Waals surface area (Å²) >= 11 is 0. The van der Waals surface area contributed by atoms with E-state index >= 15 is 0 Å². The average Bonchev–Trinajstić information content (AvgIpc) is 2.13. The molecule has 0 aliphatic rings. The standard InChI is InChI=1S/C11H17NO2/c1-3-5-8(2)12-9-6-4-7-10(13)11(9)14/h4,6-8,12-14H,3,5H2,1-2H3. The topological polar surface area (TPSA) is 52.5 Å². The van der Waals surface area contributed by atoms with Gasteiger partial charge in [-0.1, -0.05) is 19.4 Å². The van der Waals surface area contributed by atoms with Gasteiger partial charge in [-0.15, -0.1) is 0 Å². The summed E-state index contributed by atoms with van der Waals surface area (Å²) in [6.07, 6.45) is 2.13. The van der Waals surface area contributed by atoms with E-state index in [0.717, 1.165) is 12.8 Å². The van der Waals surface area contributed by atoms with Crippen molar-refractivity contribution < 1.29 is 10.2 Å². The van der Waals surface area contributed by atoms with Gasteiger partial charge in [-0.05, 0) is 25.5 Å². The molecule has 0 heterocycles. The van der Waals surface area contributed by atoms with E-state index < -0.39 is 0 Å². The van der Waals surface area contributed by atoms with Crippen LogP contribution in [0.4, 0.5) is 5.69 Å². The van der Waals surface area contributed by atoms with E-state index in [2.05, 4.69) is 12.2 Å². The normalized spacial score (nSPS) is 12.4. The van der Waals surface area contributed by atoms with Crippen molar-refractivity contribution >= 4 is 5.69 Å². The van der Waals surface area contributed by atoms with Crippen molar-refractivity contribution in [1.29, 1.82) is 0 Å². The molecule has 1 aromatic rings. The molecule has 1 atom stereocenters. The van der Waals surface area contributed by atoms with Gasteiger partial charge in [0.1, 0.15) is 0 Å². The molecule has 0 amide bonds. The van der Waals surface area contributed by atoms with Gasteiger partial charge >= 0.3 is 0 Å². The molecular weight excluding hydrogens is 178 g/mol. The number of phenolic OH excluding ortho intramolecular Hbond substituents is 2. The Labute approximate surface area is 84.4 Å². The van der Waals surface area contributed by atoms with Gasteiger partial charge in [-0.3, -0.25) is 0 Å². The van der Waals surface area contributed by atoms with Gasteiger partial charge in [0.25, 0.3) is 0 Å². The van der Waals surface area contributed by atoms with Gasteiger partial charge in [0.15, 0.2) is 11.5 Å². The molecule has 1 unspecified atom stereocenters. The highest BCUT2D eigenvalue weighted by molar-refractivity contribution is 5.62. The van der Waals surface area contributed by atoms with E-state index in [0.29, 0.717) is 11.7 Å². The van der Waals surface area contributed by atoms with Crippen LogP contribution in [0.1, 0.15) is 26.7 Å². The maximum Gasteiger partial charge on any atom is 0.181 e. The van der Waals surface area contributed by atoms with Crippen LogP contribution >= 0.6 is 0 Å². The summed E-state index contributed by atoms with van der Waals surface area (Å²) in [7, 11) is 0. The van der Waals surface area contributed by atoms with Crippen LogP contribution in [0.3, 0.4) is 0 Å². The summed E-state index contributed by atoms with van der Waals surface area (Å²) in [6.45, 7) is 4.16. The SMILES string of the molecule is CCCC(C)Nc1cccc(O)c1O. The number of hydrogen-bond donors (Lipinski definition) is 3. The first-order valence-electron chi connectivity index (χ1n) is 4.92. The molecule has 1 rings (SSSR count). The molecule has 0 aliphatic heterocycles. The van der Waals surface area contributed by atoms with Crippen molar-refractivity contribution in [2.24, 2.45) is 0 Å². The molecule has 0 aliphatic carbocycles. The Bertz CT molecular complexity index is 299. The smallest absolute Gasteiger partial charge is 0.181 e. The van der Waals surface area contributed by atoms with E-state index in [1.54, 1.807) is 12.1 Å². The fourth-order valence-electron chi connectivity index (χ4n) is 1.42. The minimum absolute atomic E-state index is 0.0737. The van der Waals surface area contributed by atoms with Crippen molar-refractivity contribution in [3.63, 3.8) is 0 Å². The van der Waals surface area contributed by atoms with E-state index in [4.69, 9.17) is 0 Å². The highest BCUT2D eigenvalue weighted by Crippen LogP contribution is 2.32.